The molecule has 0 aliphatic carbocycles. The number of rotatable bonds is 4. The minimum Gasteiger partial charge on any atom is -0.348 e. The van der Waals surface area contributed by atoms with Crippen molar-refractivity contribution >= 4 is 44.9 Å². The van der Waals surface area contributed by atoms with Crippen molar-refractivity contribution in [3.05, 3.63) is 83.2 Å². The van der Waals surface area contributed by atoms with E-state index in [1.807, 2.05) is 45.0 Å². The maximum Gasteiger partial charge on any atom is 0.323 e. The fourth-order valence-corrected chi connectivity index (χ4v) is 5.27. The van der Waals surface area contributed by atoms with E-state index in [2.05, 4.69) is 20.9 Å². The predicted molar refractivity (Wildman–Crippen MR) is 151 cm³/mol. The summed E-state index contributed by atoms with van der Waals surface area (Å²) in [5.74, 6) is -0.722. The molecular weight excluding hydrogens is 515 g/mol. The maximum absolute atomic E-state index is 15.1. The van der Waals surface area contributed by atoms with Gasteiger partial charge in [0, 0.05) is 23.9 Å². The molecule has 3 N–H and O–H groups in total. The van der Waals surface area contributed by atoms with Crippen LogP contribution in [0.25, 0.3) is 32.6 Å². The molecule has 0 spiro atoms. The van der Waals surface area contributed by atoms with E-state index in [1.54, 1.807) is 45.9 Å². The van der Waals surface area contributed by atoms with Gasteiger partial charge in [-0.1, -0.05) is 24.3 Å². The van der Waals surface area contributed by atoms with Crippen molar-refractivity contribution < 1.29 is 14.0 Å². The molecule has 3 aromatic carbocycles. The molecule has 39 heavy (non-hydrogen) atoms. The molecule has 1 aliphatic rings. The zero-order chi connectivity index (χ0) is 27.3. The molecule has 5 aromatic rings. The lowest BCUT2D eigenvalue weighted by Gasteiger charge is -2.18. The molecule has 6 rings (SSSR count). The number of halogens is 1. The highest BCUT2D eigenvalue weighted by atomic mass is 32.1. The van der Waals surface area contributed by atoms with E-state index in [9.17, 15) is 9.59 Å². The van der Waals surface area contributed by atoms with Crippen LogP contribution in [0.15, 0.2) is 66.3 Å². The quantitative estimate of drug-likeness (QED) is 0.239. The van der Waals surface area contributed by atoms with Gasteiger partial charge >= 0.3 is 6.03 Å². The van der Waals surface area contributed by atoms with Crippen molar-refractivity contribution in [2.75, 3.05) is 10.6 Å². The van der Waals surface area contributed by atoms with E-state index in [0.29, 0.717) is 29.1 Å². The van der Waals surface area contributed by atoms with Crippen LogP contribution in [-0.4, -0.2) is 26.7 Å². The van der Waals surface area contributed by atoms with Gasteiger partial charge in [0.05, 0.1) is 32.6 Å². The van der Waals surface area contributed by atoms with E-state index >= 15 is 4.39 Å². The van der Waals surface area contributed by atoms with Gasteiger partial charge in [-0.25, -0.2) is 14.2 Å². The Bertz CT molecular complexity index is 1770. The Kier molecular flexibility index (Phi) is 5.91. The Labute approximate surface area is 227 Å². The summed E-state index contributed by atoms with van der Waals surface area (Å²) in [5.41, 5.74) is 7.07. The largest absolute Gasteiger partial charge is 0.348 e. The van der Waals surface area contributed by atoms with Crippen LogP contribution in [0, 0.1) is 5.82 Å². The smallest absolute Gasteiger partial charge is 0.323 e. The third-order valence-electron chi connectivity index (χ3n) is 6.63. The molecule has 0 saturated carbocycles. The minimum atomic E-state index is -0.596. The fourth-order valence-electron chi connectivity index (χ4n) is 4.61. The van der Waals surface area contributed by atoms with E-state index in [1.165, 1.54) is 12.1 Å². The van der Waals surface area contributed by atoms with Crippen LogP contribution in [0.4, 0.5) is 20.6 Å². The molecule has 0 atom stereocenters. The molecule has 10 heteroatoms. The summed E-state index contributed by atoms with van der Waals surface area (Å²) in [5, 5.41) is 13.0. The minimum absolute atomic E-state index is 0.0340. The average molecular weight is 541 g/mol. The highest BCUT2D eigenvalue weighted by molar-refractivity contribution is 7.16. The maximum atomic E-state index is 15.1. The standard InChI is InChI=1S/C29H25FN6O2S/c1-29(2,3)36-14-24(26(35-36)17-8-10-25-23(12-17)32-15-39-25)34-28(38)33-22-9-7-16(11-21(22)30)18-5-4-6-19-20(18)13-31-27(19)37/h4-12,14-15H,13H2,1-3H3,(H,31,37)(H2,33,34,38). The normalized spacial score (nSPS) is 12.9. The SMILES string of the molecule is CC(C)(C)n1cc(NC(=O)Nc2ccc(-c3cccc4c3CNC4=O)cc2F)c(-c2ccc3scnc3c2)n1. The van der Waals surface area contributed by atoms with Gasteiger partial charge in [-0.3, -0.25) is 9.48 Å². The average Bonchev–Trinajstić information content (AvgIpc) is 3.63. The van der Waals surface area contributed by atoms with Crippen molar-refractivity contribution in [3.8, 4) is 22.4 Å². The molecule has 1 aliphatic heterocycles. The van der Waals surface area contributed by atoms with Crippen molar-refractivity contribution in [1.82, 2.24) is 20.1 Å². The number of thiazole rings is 1. The number of nitrogens with one attached hydrogen (secondary N) is 3. The lowest BCUT2D eigenvalue weighted by molar-refractivity contribution is 0.0965. The van der Waals surface area contributed by atoms with Gasteiger partial charge in [0.1, 0.15) is 11.5 Å². The van der Waals surface area contributed by atoms with Crippen molar-refractivity contribution in [2.24, 2.45) is 0 Å². The van der Waals surface area contributed by atoms with Gasteiger partial charge in [0.25, 0.3) is 5.91 Å². The Morgan fingerprint density at radius 3 is 2.59 bits per heavy atom. The Balaban J connectivity index is 1.26. The van der Waals surface area contributed by atoms with Crippen LogP contribution < -0.4 is 16.0 Å². The Hall–Kier alpha value is -4.57. The predicted octanol–water partition coefficient (Wildman–Crippen LogP) is 6.61. The van der Waals surface area contributed by atoms with E-state index in [-0.39, 0.29) is 17.1 Å². The third-order valence-corrected chi connectivity index (χ3v) is 7.44. The number of nitrogens with zero attached hydrogens (tertiary/aromatic N) is 3. The number of anilines is 2. The Morgan fingerprint density at radius 2 is 1.79 bits per heavy atom. The molecular formula is C29H25FN6O2S. The van der Waals surface area contributed by atoms with Gasteiger partial charge in [-0.05, 0) is 67.8 Å². The number of hydrogen-bond acceptors (Lipinski definition) is 5. The van der Waals surface area contributed by atoms with Crippen molar-refractivity contribution in [3.63, 3.8) is 0 Å². The van der Waals surface area contributed by atoms with Gasteiger partial charge in [0.2, 0.25) is 0 Å². The lowest BCUT2D eigenvalue weighted by Crippen LogP contribution is -2.22. The first-order valence-electron chi connectivity index (χ1n) is 12.4. The molecule has 3 heterocycles. The summed E-state index contributed by atoms with van der Waals surface area (Å²) in [6.45, 7) is 6.45. The zero-order valence-corrected chi connectivity index (χ0v) is 22.3. The number of carbonyl (C=O) groups excluding carboxylic acids is 2. The van der Waals surface area contributed by atoms with E-state index < -0.39 is 11.8 Å². The van der Waals surface area contributed by atoms with Crippen molar-refractivity contribution in [1.29, 1.82) is 0 Å². The van der Waals surface area contributed by atoms with E-state index in [0.717, 1.165) is 26.9 Å². The van der Waals surface area contributed by atoms with Crippen LogP contribution >= 0.6 is 11.3 Å². The van der Waals surface area contributed by atoms with Crippen LogP contribution in [0.1, 0.15) is 36.7 Å². The van der Waals surface area contributed by atoms with Crippen LogP contribution in [0.3, 0.4) is 0 Å². The summed E-state index contributed by atoms with van der Waals surface area (Å²) >= 11 is 1.55. The van der Waals surface area contributed by atoms with Gasteiger partial charge in [-0.15, -0.1) is 11.3 Å². The second kappa shape index (κ2) is 9.32. The molecule has 0 fully saturated rings. The van der Waals surface area contributed by atoms with Crippen molar-refractivity contribution in [2.45, 2.75) is 32.9 Å². The fraction of sp³-hybridized carbons (Fsp3) is 0.172. The van der Waals surface area contributed by atoms with Gasteiger partial charge in [-0.2, -0.15) is 5.10 Å². The highest BCUT2D eigenvalue weighted by Crippen LogP contribution is 2.33. The molecule has 196 valence electrons. The number of fused-ring (bicyclic) bond motifs is 2. The first kappa shape index (κ1) is 24.7. The molecule has 0 radical (unpaired) electrons. The number of aromatic nitrogens is 3. The summed E-state index contributed by atoms with van der Waals surface area (Å²) in [7, 11) is 0. The topological polar surface area (TPSA) is 101 Å². The number of hydrogen-bond donors (Lipinski definition) is 3. The van der Waals surface area contributed by atoms with Crippen LogP contribution in [-0.2, 0) is 12.1 Å². The van der Waals surface area contributed by atoms with E-state index in [4.69, 9.17) is 5.10 Å². The second-order valence-corrected chi connectivity index (χ2v) is 11.2. The van der Waals surface area contributed by atoms with Crippen LogP contribution in [0.2, 0.25) is 0 Å². The van der Waals surface area contributed by atoms with Gasteiger partial charge < -0.3 is 16.0 Å². The molecule has 0 unspecified atom stereocenters. The molecule has 8 nitrogen and oxygen atoms in total. The summed E-state index contributed by atoms with van der Waals surface area (Å²) in [6.07, 6.45) is 1.77. The van der Waals surface area contributed by atoms with Crippen LogP contribution in [0.5, 0.6) is 0 Å². The zero-order valence-electron chi connectivity index (χ0n) is 21.5. The number of carbonyl (C=O) groups is 2. The summed E-state index contributed by atoms with van der Waals surface area (Å²) in [6, 6.07) is 15.3. The first-order chi connectivity index (χ1) is 18.7. The number of amides is 3. The molecule has 0 bridgehead atoms. The summed E-state index contributed by atoms with van der Waals surface area (Å²) in [4.78, 5) is 29.4. The molecule has 0 saturated heterocycles. The summed E-state index contributed by atoms with van der Waals surface area (Å²) < 4.78 is 18.0. The first-order valence-corrected chi connectivity index (χ1v) is 13.3. The second-order valence-electron chi connectivity index (χ2n) is 10.3. The lowest BCUT2D eigenvalue weighted by atomic mass is 9.96. The number of urea groups is 1. The van der Waals surface area contributed by atoms with Gasteiger partial charge in [0.15, 0.2) is 0 Å². The monoisotopic (exact) mass is 540 g/mol. The molecule has 3 amide bonds. The third kappa shape index (κ3) is 4.63. The molecule has 2 aromatic heterocycles. The highest BCUT2D eigenvalue weighted by Gasteiger charge is 2.23. The number of benzene rings is 3. The Morgan fingerprint density at radius 1 is 1.03 bits per heavy atom.